The zero-order valence-electron chi connectivity index (χ0n) is 10.5. The number of benzene rings is 1. The summed E-state index contributed by atoms with van der Waals surface area (Å²) in [5, 5.41) is 9.84. The molecule has 0 fully saturated rings. The van der Waals surface area contributed by atoms with Gasteiger partial charge in [0.1, 0.15) is 16.2 Å². The van der Waals surface area contributed by atoms with E-state index in [1.165, 1.54) is 22.5 Å². The minimum Gasteiger partial charge on any atom is -0.477 e. The van der Waals surface area contributed by atoms with Crippen molar-refractivity contribution >= 4 is 28.3 Å². The highest BCUT2D eigenvalue weighted by Crippen LogP contribution is 2.26. The molecule has 3 rings (SSSR count). The number of carboxylic acid groups (broad SMARTS) is 1. The van der Waals surface area contributed by atoms with E-state index in [-0.39, 0.29) is 0 Å². The fraction of sp³-hybridized carbons (Fsp3) is 0.143. The smallest absolute Gasteiger partial charge is 0.345 e. The van der Waals surface area contributed by atoms with E-state index in [4.69, 9.17) is 5.11 Å². The molecule has 0 aliphatic heterocycles. The Morgan fingerprint density at radius 3 is 2.68 bits per heavy atom. The van der Waals surface area contributed by atoms with Gasteiger partial charge in [-0.05, 0) is 49.2 Å². The van der Waals surface area contributed by atoms with Crippen molar-refractivity contribution in [1.82, 2.24) is 9.55 Å². The van der Waals surface area contributed by atoms with Crippen LogP contribution in [0.3, 0.4) is 0 Å². The van der Waals surface area contributed by atoms with E-state index >= 15 is 0 Å². The van der Waals surface area contributed by atoms with Crippen molar-refractivity contribution < 1.29 is 9.90 Å². The Morgan fingerprint density at radius 1 is 1.26 bits per heavy atom. The first-order valence-electron chi connectivity index (χ1n) is 5.84. The Morgan fingerprint density at radius 2 is 2.00 bits per heavy atom. The number of nitrogens with zero attached hydrogens (tertiary/aromatic N) is 2. The molecule has 19 heavy (non-hydrogen) atoms. The largest absolute Gasteiger partial charge is 0.477 e. The second-order valence-electron chi connectivity index (χ2n) is 4.48. The average molecular weight is 272 g/mol. The number of hydrogen-bond acceptors (Lipinski definition) is 3. The molecule has 0 aliphatic rings. The second kappa shape index (κ2) is 4.20. The third-order valence-electron chi connectivity index (χ3n) is 3.20. The van der Waals surface area contributed by atoms with Gasteiger partial charge in [-0.25, -0.2) is 9.78 Å². The van der Waals surface area contributed by atoms with E-state index in [0.717, 1.165) is 16.0 Å². The maximum atomic E-state index is 10.9. The average Bonchev–Trinajstić information content (AvgIpc) is 2.96. The molecule has 5 heteroatoms. The van der Waals surface area contributed by atoms with Crippen LogP contribution < -0.4 is 0 Å². The first-order chi connectivity index (χ1) is 9.06. The Kier molecular flexibility index (Phi) is 2.64. The Bertz CT molecular complexity index is 786. The number of rotatable bonds is 2. The van der Waals surface area contributed by atoms with Gasteiger partial charge in [0.2, 0.25) is 0 Å². The van der Waals surface area contributed by atoms with E-state index in [1.54, 1.807) is 12.4 Å². The minimum atomic E-state index is -0.896. The number of thiophene rings is 1. The number of aromatic carboxylic acids is 1. The molecule has 1 aromatic carbocycles. The molecular weight excluding hydrogens is 260 g/mol. The molecule has 0 spiro atoms. The zero-order chi connectivity index (χ0) is 13.6. The molecule has 0 saturated carbocycles. The molecule has 0 amide bonds. The van der Waals surface area contributed by atoms with Crippen molar-refractivity contribution in [3.63, 3.8) is 0 Å². The van der Waals surface area contributed by atoms with Crippen molar-refractivity contribution in [2.75, 3.05) is 0 Å². The van der Waals surface area contributed by atoms with Gasteiger partial charge in [-0.2, -0.15) is 0 Å². The van der Waals surface area contributed by atoms with Gasteiger partial charge in [0.05, 0.1) is 11.0 Å². The summed E-state index contributed by atoms with van der Waals surface area (Å²) in [6.07, 6.45) is 1.74. The number of aryl methyl sites for hydroxylation is 2. The highest BCUT2D eigenvalue weighted by Gasteiger charge is 2.11. The normalized spacial score (nSPS) is 11.1. The van der Waals surface area contributed by atoms with E-state index in [0.29, 0.717) is 4.88 Å². The molecule has 0 saturated heterocycles. The molecule has 0 atom stereocenters. The topological polar surface area (TPSA) is 55.1 Å². The fourth-order valence-corrected chi connectivity index (χ4v) is 2.84. The summed E-state index contributed by atoms with van der Waals surface area (Å²) < 4.78 is 1.93. The van der Waals surface area contributed by atoms with Gasteiger partial charge < -0.3 is 5.11 Å². The van der Waals surface area contributed by atoms with Gasteiger partial charge in [-0.3, -0.25) is 4.57 Å². The van der Waals surface area contributed by atoms with Crippen LogP contribution in [0.25, 0.3) is 16.0 Å². The number of carbonyl (C=O) groups is 1. The second-order valence-corrected chi connectivity index (χ2v) is 5.55. The molecule has 3 aromatic rings. The maximum absolute atomic E-state index is 10.9. The molecule has 1 N–H and O–H groups in total. The van der Waals surface area contributed by atoms with Crippen LogP contribution in [-0.4, -0.2) is 20.6 Å². The molecule has 0 radical (unpaired) electrons. The lowest BCUT2D eigenvalue weighted by atomic mass is 10.1. The van der Waals surface area contributed by atoms with Crippen LogP contribution in [0, 0.1) is 13.8 Å². The predicted octanol–water partition coefficient (Wildman–Crippen LogP) is 3.40. The van der Waals surface area contributed by atoms with E-state index in [1.807, 2.05) is 16.7 Å². The highest BCUT2D eigenvalue weighted by molar-refractivity contribution is 7.16. The van der Waals surface area contributed by atoms with Gasteiger partial charge in [0, 0.05) is 0 Å². The quantitative estimate of drug-likeness (QED) is 0.778. The molecule has 2 heterocycles. The fourth-order valence-electron chi connectivity index (χ4n) is 2.01. The third kappa shape index (κ3) is 1.92. The summed E-state index contributed by atoms with van der Waals surface area (Å²) in [5.74, 6) is -0.896. The SMILES string of the molecule is Cc1cc2ncn(-c3ccc(C(=O)O)s3)c2cc1C. The summed E-state index contributed by atoms with van der Waals surface area (Å²) in [6.45, 7) is 4.12. The van der Waals surface area contributed by atoms with Gasteiger partial charge >= 0.3 is 5.97 Å². The standard InChI is InChI=1S/C14H12N2O2S/c1-8-5-10-11(6-9(8)2)16(7-15-10)13-4-3-12(19-13)14(17)18/h3-7H,1-2H3,(H,17,18). The summed E-state index contributed by atoms with van der Waals surface area (Å²) >= 11 is 1.25. The molecule has 96 valence electrons. The number of carboxylic acids is 1. The van der Waals surface area contributed by atoms with Crippen molar-refractivity contribution in [3.8, 4) is 5.00 Å². The van der Waals surface area contributed by atoms with Crippen LogP contribution in [0.2, 0.25) is 0 Å². The lowest BCUT2D eigenvalue weighted by molar-refractivity contribution is 0.0702. The van der Waals surface area contributed by atoms with Crippen LogP contribution >= 0.6 is 11.3 Å². The molecule has 0 bridgehead atoms. The van der Waals surface area contributed by atoms with Gasteiger partial charge in [0.15, 0.2) is 0 Å². The number of hydrogen-bond donors (Lipinski definition) is 1. The first kappa shape index (κ1) is 11.9. The van der Waals surface area contributed by atoms with Gasteiger partial charge in [0.25, 0.3) is 0 Å². The molecule has 2 aromatic heterocycles. The summed E-state index contributed by atoms with van der Waals surface area (Å²) in [5.41, 5.74) is 4.33. The summed E-state index contributed by atoms with van der Waals surface area (Å²) in [6, 6.07) is 7.56. The third-order valence-corrected chi connectivity index (χ3v) is 4.28. The lowest BCUT2D eigenvalue weighted by Crippen LogP contribution is -1.91. The van der Waals surface area contributed by atoms with Crippen molar-refractivity contribution in [2.24, 2.45) is 0 Å². The van der Waals surface area contributed by atoms with E-state index < -0.39 is 5.97 Å². The lowest BCUT2D eigenvalue weighted by Gasteiger charge is -2.03. The summed E-state index contributed by atoms with van der Waals surface area (Å²) in [7, 11) is 0. The number of fused-ring (bicyclic) bond motifs is 1. The molecule has 0 unspecified atom stereocenters. The Hall–Kier alpha value is -2.14. The van der Waals surface area contributed by atoms with Crippen molar-refractivity contribution in [3.05, 3.63) is 46.6 Å². The number of aromatic nitrogens is 2. The van der Waals surface area contributed by atoms with Crippen LogP contribution in [0.5, 0.6) is 0 Å². The minimum absolute atomic E-state index is 0.334. The summed E-state index contributed by atoms with van der Waals surface area (Å²) in [4.78, 5) is 15.6. The first-order valence-corrected chi connectivity index (χ1v) is 6.66. The van der Waals surface area contributed by atoms with Gasteiger partial charge in [-0.15, -0.1) is 11.3 Å². The highest BCUT2D eigenvalue weighted by atomic mass is 32.1. The van der Waals surface area contributed by atoms with Crippen LogP contribution in [-0.2, 0) is 0 Å². The van der Waals surface area contributed by atoms with Crippen LogP contribution in [0.4, 0.5) is 0 Å². The van der Waals surface area contributed by atoms with E-state index in [9.17, 15) is 4.79 Å². The Balaban J connectivity index is 2.19. The predicted molar refractivity (Wildman–Crippen MR) is 75.4 cm³/mol. The van der Waals surface area contributed by atoms with Crippen LogP contribution in [0.1, 0.15) is 20.8 Å². The van der Waals surface area contributed by atoms with Crippen LogP contribution in [0.15, 0.2) is 30.6 Å². The molecular formula is C14H12N2O2S. The van der Waals surface area contributed by atoms with Gasteiger partial charge in [-0.1, -0.05) is 0 Å². The van der Waals surface area contributed by atoms with E-state index in [2.05, 4.69) is 24.9 Å². The monoisotopic (exact) mass is 272 g/mol. The molecule has 4 nitrogen and oxygen atoms in total. The zero-order valence-corrected chi connectivity index (χ0v) is 11.4. The number of imidazole rings is 1. The van der Waals surface area contributed by atoms with Crippen molar-refractivity contribution in [2.45, 2.75) is 13.8 Å². The maximum Gasteiger partial charge on any atom is 0.345 e. The Labute approximate surface area is 113 Å². The molecule has 0 aliphatic carbocycles. The van der Waals surface area contributed by atoms with Crippen molar-refractivity contribution in [1.29, 1.82) is 0 Å².